The minimum absolute atomic E-state index is 0.155. The topological polar surface area (TPSA) is 47.6 Å². The quantitative estimate of drug-likeness (QED) is 0.782. The first kappa shape index (κ1) is 16.0. The molecule has 0 heterocycles. The Kier molecular flexibility index (Phi) is 6.87. The zero-order valence-electron chi connectivity index (χ0n) is 11.5. The number of benzene rings is 1. The Labute approximate surface area is 122 Å². The summed E-state index contributed by atoms with van der Waals surface area (Å²) in [5.41, 5.74) is 0.523. The van der Waals surface area contributed by atoms with Crippen LogP contribution >= 0.6 is 15.9 Å². The normalized spacial score (nSPS) is 10.6. The van der Waals surface area contributed by atoms with E-state index in [4.69, 9.17) is 9.47 Å². The van der Waals surface area contributed by atoms with Crippen LogP contribution in [0.2, 0.25) is 0 Å². The molecule has 1 N–H and O–H groups in total. The van der Waals surface area contributed by atoms with Crippen LogP contribution in [0.3, 0.4) is 0 Å². The molecule has 5 heteroatoms. The summed E-state index contributed by atoms with van der Waals surface area (Å²) in [5.74, 6) is 0.898. The van der Waals surface area contributed by atoms with Crippen molar-refractivity contribution in [1.82, 2.24) is 5.32 Å². The molecule has 0 saturated heterocycles. The van der Waals surface area contributed by atoms with Crippen LogP contribution in [0.5, 0.6) is 5.75 Å². The maximum Gasteiger partial charge on any atom is 0.255 e. The average molecular weight is 330 g/mol. The lowest BCUT2D eigenvalue weighted by Gasteiger charge is -2.10. The van der Waals surface area contributed by atoms with Crippen LogP contribution in [-0.4, -0.2) is 32.8 Å². The van der Waals surface area contributed by atoms with Gasteiger partial charge in [-0.3, -0.25) is 4.79 Å². The molecule has 0 spiro atoms. The van der Waals surface area contributed by atoms with Gasteiger partial charge in [-0.1, -0.05) is 29.8 Å². The van der Waals surface area contributed by atoms with Crippen molar-refractivity contribution in [3.05, 3.63) is 28.2 Å². The number of carbonyl (C=O) groups excluding carboxylic acids is 1. The van der Waals surface area contributed by atoms with Crippen LogP contribution < -0.4 is 10.1 Å². The van der Waals surface area contributed by atoms with E-state index >= 15 is 0 Å². The number of methoxy groups -OCH3 is 1. The van der Waals surface area contributed by atoms with E-state index in [0.29, 0.717) is 37.0 Å². The summed E-state index contributed by atoms with van der Waals surface area (Å²) in [4.78, 5) is 12.0. The van der Waals surface area contributed by atoms with Crippen LogP contribution in [0.1, 0.15) is 24.2 Å². The third kappa shape index (κ3) is 5.61. The van der Waals surface area contributed by atoms with Crippen molar-refractivity contribution in [2.75, 3.05) is 26.9 Å². The van der Waals surface area contributed by atoms with Crippen molar-refractivity contribution in [2.45, 2.75) is 13.8 Å². The molecule has 19 heavy (non-hydrogen) atoms. The van der Waals surface area contributed by atoms with E-state index in [1.54, 1.807) is 19.2 Å². The highest BCUT2D eigenvalue weighted by molar-refractivity contribution is 9.10. The maximum absolute atomic E-state index is 12.0. The highest BCUT2D eigenvalue weighted by Gasteiger charge is 2.11. The van der Waals surface area contributed by atoms with Crippen molar-refractivity contribution >= 4 is 21.8 Å². The van der Waals surface area contributed by atoms with Gasteiger partial charge in [0, 0.05) is 17.6 Å². The Hall–Kier alpha value is -1.07. The minimum Gasteiger partial charge on any atom is -0.496 e. The predicted octanol–water partition coefficient (Wildman–Crippen LogP) is 2.86. The summed E-state index contributed by atoms with van der Waals surface area (Å²) in [6.07, 6.45) is 0. The summed E-state index contributed by atoms with van der Waals surface area (Å²) in [7, 11) is 1.55. The third-order valence-electron chi connectivity index (χ3n) is 2.39. The Balaban J connectivity index is 2.45. The van der Waals surface area contributed by atoms with Gasteiger partial charge in [-0.2, -0.15) is 0 Å². The van der Waals surface area contributed by atoms with Crippen molar-refractivity contribution < 1.29 is 14.3 Å². The Bertz CT molecular complexity index is 421. The fraction of sp³-hybridized carbons (Fsp3) is 0.500. The van der Waals surface area contributed by atoms with Gasteiger partial charge in [0.25, 0.3) is 5.91 Å². The first-order valence-corrected chi connectivity index (χ1v) is 7.03. The summed E-state index contributed by atoms with van der Waals surface area (Å²) in [6.45, 7) is 5.89. The number of amides is 1. The van der Waals surface area contributed by atoms with Gasteiger partial charge in [0.2, 0.25) is 0 Å². The van der Waals surface area contributed by atoms with E-state index in [-0.39, 0.29) is 5.91 Å². The predicted molar refractivity (Wildman–Crippen MR) is 78.7 cm³/mol. The smallest absolute Gasteiger partial charge is 0.255 e. The molecule has 0 saturated carbocycles. The van der Waals surface area contributed by atoms with E-state index in [9.17, 15) is 4.79 Å². The summed E-state index contributed by atoms with van der Waals surface area (Å²) < 4.78 is 11.5. The number of nitrogens with one attached hydrogen (secondary N) is 1. The Morgan fingerprint density at radius 3 is 2.79 bits per heavy atom. The standard InChI is InChI=1S/C14H20BrNO3/c1-10(2)9-19-7-6-16-14(17)12-5-4-11(15)8-13(12)18-3/h4-5,8,10H,6-7,9H2,1-3H3,(H,16,17). The van der Waals surface area contributed by atoms with Crippen molar-refractivity contribution in [3.8, 4) is 5.75 Å². The molecule has 0 atom stereocenters. The van der Waals surface area contributed by atoms with Crippen molar-refractivity contribution in [1.29, 1.82) is 0 Å². The second kappa shape index (κ2) is 8.17. The molecule has 0 aliphatic heterocycles. The number of hydrogen-bond acceptors (Lipinski definition) is 3. The largest absolute Gasteiger partial charge is 0.496 e. The summed E-state index contributed by atoms with van der Waals surface area (Å²) >= 11 is 3.34. The molecule has 0 fully saturated rings. The monoisotopic (exact) mass is 329 g/mol. The molecule has 0 aromatic heterocycles. The molecule has 1 rings (SSSR count). The molecule has 0 unspecified atom stereocenters. The number of rotatable bonds is 7. The third-order valence-corrected chi connectivity index (χ3v) is 2.88. The molecule has 106 valence electrons. The van der Waals surface area contributed by atoms with Gasteiger partial charge in [-0.25, -0.2) is 0 Å². The molecule has 0 aliphatic rings. The zero-order chi connectivity index (χ0) is 14.3. The van der Waals surface area contributed by atoms with Gasteiger partial charge in [0.1, 0.15) is 5.75 Å². The fourth-order valence-corrected chi connectivity index (χ4v) is 1.84. The average Bonchev–Trinajstić information content (AvgIpc) is 2.37. The lowest BCUT2D eigenvalue weighted by molar-refractivity contribution is 0.0883. The van der Waals surface area contributed by atoms with E-state index in [1.807, 2.05) is 6.07 Å². The van der Waals surface area contributed by atoms with Gasteiger partial charge in [0.15, 0.2) is 0 Å². The minimum atomic E-state index is -0.155. The molecule has 4 nitrogen and oxygen atoms in total. The second-order valence-corrected chi connectivity index (χ2v) is 5.48. The second-order valence-electron chi connectivity index (χ2n) is 4.57. The molecule has 1 aromatic rings. The van der Waals surface area contributed by atoms with Crippen LogP contribution in [0.25, 0.3) is 0 Å². The molecule has 0 aliphatic carbocycles. The van der Waals surface area contributed by atoms with Gasteiger partial charge in [-0.15, -0.1) is 0 Å². The van der Waals surface area contributed by atoms with Crippen LogP contribution in [0, 0.1) is 5.92 Å². The van der Waals surface area contributed by atoms with Crippen molar-refractivity contribution in [2.24, 2.45) is 5.92 Å². The first-order chi connectivity index (χ1) is 9.04. The maximum atomic E-state index is 12.0. The van der Waals surface area contributed by atoms with E-state index < -0.39 is 0 Å². The van der Waals surface area contributed by atoms with Crippen molar-refractivity contribution in [3.63, 3.8) is 0 Å². The highest BCUT2D eigenvalue weighted by atomic mass is 79.9. The highest BCUT2D eigenvalue weighted by Crippen LogP contribution is 2.23. The number of ether oxygens (including phenoxy) is 2. The van der Waals surface area contributed by atoms with Crippen LogP contribution in [0.15, 0.2) is 22.7 Å². The molecular formula is C14H20BrNO3. The van der Waals surface area contributed by atoms with Crippen LogP contribution in [0.4, 0.5) is 0 Å². The first-order valence-electron chi connectivity index (χ1n) is 6.24. The van der Waals surface area contributed by atoms with E-state index in [2.05, 4.69) is 35.1 Å². The van der Waals surface area contributed by atoms with E-state index in [1.165, 1.54) is 0 Å². The zero-order valence-corrected chi connectivity index (χ0v) is 13.1. The number of hydrogen-bond donors (Lipinski definition) is 1. The van der Waals surface area contributed by atoms with Gasteiger partial charge < -0.3 is 14.8 Å². The van der Waals surface area contributed by atoms with Gasteiger partial charge >= 0.3 is 0 Å². The molecule has 1 aromatic carbocycles. The Morgan fingerprint density at radius 2 is 2.16 bits per heavy atom. The van der Waals surface area contributed by atoms with Gasteiger partial charge in [-0.05, 0) is 24.1 Å². The summed E-state index contributed by atoms with van der Waals surface area (Å²) in [6, 6.07) is 5.31. The lowest BCUT2D eigenvalue weighted by atomic mass is 10.2. The lowest BCUT2D eigenvalue weighted by Crippen LogP contribution is -2.28. The Morgan fingerprint density at radius 1 is 1.42 bits per heavy atom. The SMILES string of the molecule is COc1cc(Br)ccc1C(=O)NCCOCC(C)C. The van der Waals surface area contributed by atoms with E-state index in [0.717, 1.165) is 4.47 Å². The number of halogens is 1. The molecular weight excluding hydrogens is 310 g/mol. The molecule has 0 radical (unpaired) electrons. The molecule has 1 amide bonds. The van der Waals surface area contributed by atoms with Crippen LogP contribution in [-0.2, 0) is 4.74 Å². The summed E-state index contributed by atoms with van der Waals surface area (Å²) in [5, 5.41) is 2.81. The number of carbonyl (C=O) groups is 1. The van der Waals surface area contributed by atoms with Gasteiger partial charge in [0.05, 0.1) is 19.3 Å². The fourth-order valence-electron chi connectivity index (χ4n) is 1.50. The molecule has 0 bridgehead atoms.